The molecule has 0 spiro atoms. The molecule has 3 rings (SSSR count). The van der Waals surface area contributed by atoms with Gasteiger partial charge in [0.15, 0.2) is 0 Å². The van der Waals surface area contributed by atoms with Crippen molar-refractivity contribution in [1.29, 1.82) is 0 Å². The van der Waals surface area contributed by atoms with Crippen molar-refractivity contribution in [3.8, 4) is 0 Å². The number of thiophene rings is 1. The number of anilines is 1. The number of aryl methyl sites for hydroxylation is 1. The fourth-order valence-corrected chi connectivity index (χ4v) is 3.99. The molecule has 0 fully saturated rings. The van der Waals surface area contributed by atoms with Crippen LogP contribution < -0.4 is 5.32 Å². The highest BCUT2D eigenvalue weighted by Gasteiger charge is 2.22. The summed E-state index contributed by atoms with van der Waals surface area (Å²) in [7, 11) is 1.58. The van der Waals surface area contributed by atoms with E-state index in [1.165, 1.54) is 4.90 Å². The monoisotopic (exact) mass is 451 g/mol. The first-order valence-electron chi connectivity index (χ1n) is 10.5. The molecule has 2 aromatic carbocycles. The largest absolute Gasteiger partial charge is 0.383 e. The highest BCUT2D eigenvalue weighted by molar-refractivity contribution is 7.09. The lowest BCUT2D eigenvalue weighted by Gasteiger charge is -2.27. The second-order valence-corrected chi connectivity index (χ2v) is 8.56. The summed E-state index contributed by atoms with van der Waals surface area (Å²) in [6, 6.07) is 21.1. The van der Waals surface area contributed by atoms with Gasteiger partial charge in [-0.1, -0.05) is 48.5 Å². The Balaban J connectivity index is 1.73. The second-order valence-electron chi connectivity index (χ2n) is 7.53. The van der Waals surface area contributed by atoms with Crippen molar-refractivity contribution in [3.05, 3.63) is 88.1 Å². The third-order valence-electron chi connectivity index (χ3n) is 4.94. The number of carbonyl (C=O) groups is 2. The zero-order valence-electron chi connectivity index (χ0n) is 18.5. The Bertz CT molecular complexity index is 993. The van der Waals surface area contributed by atoms with E-state index in [4.69, 9.17) is 4.74 Å². The lowest BCUT2D eigenvalue weighted by Crippen LogP contribution is -2.45. The Morgan fingerprint density at radius 2 is 1.78 bits per heavy atom. The summed E-state index contributed by atoms with van der Waals surface area (Å²) >= 11 is 1.61. The minimum atomic E-state index is -0.322. The highest BCUT2D eigenvalue weighted by Crippen LogP contribution is 2.16. The molecule has 0 atom stereocenters. The molecule has 0 aliphatic heterocycles. The molecular weight excluding hydrogens is 422 g/mol. The van der Waals surface area contributed by atoms with E-state index >= 15 is 0 Å². The number of hydrogen-bond acceptors (Lipinski definition) is 4. The number of hydrogen-bond donors (Lipinski definition) is 1. The fraction of sp³-hybridized carbons (Fsp3) is 0.280. The second kappa shape index (κ2) is 12.0. The van der Waals surface area contributed by atoms with E-state index in [1.54, 1.807) is 23.3 Å². The number of rotatable bonds is 10. The van der Waals surface area contributed by atoms with Gasteiger partial charge in [0.2, 0.25) is 5.91 Å². The van der Waals surface area contributed by atoms with Gasteiger partial charge >= 0.3 is 6.03 Å². The molecule has 1 heterocycles. The molecule has 32 heavy (non-hydrogen) atoms. The SMILES string of the molecule is COCCN(CC(=O)N(Cc1ccccc1)Cc1cccs1)C(=O)Nc1cccc(C)c1. The van der Waals surface area contributed by atoms with E-state index in [0.29, 0.717) is 31.9 Å². The number of carbonyl (C=O) groups excluding carboxylic acids is 2. The number of urea groups is 1. The van der Waals surface area contributed by atoms with Crippen LogP contribution in [0.5, 0.6) is 0 Å². The standard InChI is InChI=1S/C25H29N3O3S/c1-20-8-6-11-22(16-20)26-25(30)27(13-14-31-2)19-24(29)28(18-23-12-7-15-32-23)17-21-9-4-3-5-10-21/h3-12,15-16H,13-14,17-19H2,1-2H3,(H,26,30). The number of nitrogens with zero attached hydrogens (tertiary/aromatic N) is 2. The number of nitrogens with one attached hydrogen (secondary N) is 1. The molecule has 0 aliphatic rings. The summed E-state index contributed by atoms with van der Waals surface area (Å²) in [5.41, 5.74) is 2.79. The van der Waals surface area contributed by atoms with Gasteiger partial charge in [-0.2, -0.15) is 0 Å². The fourth-order valence-electron chi connectivity index (χ4n) is 3.27. The Morgan fingerprint density at radius 3 is 2.47 bits per heavy atom. The molecule has 7 heteroatoms. The van der Waals surface area contributed by atoms with Crippen LogP contribution in [0.25, 0.3) is 0 Å². The maximum absolute atomic E-state index is 13.3. The smallest absolute Gasteiger partial charge is 0.322 e. The molecule has 3 amide bonds. The number of benzene rings is 2. The number of amides is 3. The van der Waals surface area contributed by atoms with E-state index < -0.39 is 0 Å². The lowest BCUT2D eigenvalue weighted by atomic mass is 10.2. The van der Waals surface area contributed by atoms with Gasteiger partial charge in [0.1, 0.15) is 6.54 Å². The maximum Gasteiger partial charge on any atom is 0.322 e. The molecular formula is C25H29N3O3S. The van der Waals surface area contributed by atoms with Crippen molar-refractivity contribution < 1.29 is 14.3 Å². The Labute approximate surface area is 193 Å². The molecule has 0 radical (unpaired) electrons. The summed E-state index contributed by atoms with van der Waals surface area (Å²) in [6.07, 6.45) is 0. The zero-order chi connectivity index (χ0) is 22.8. The topological polar surface area (TPSA) is 61.9 Å². The van der Waals surface area contributed by atoms with Gasteiger partial charge in [-0.25, -0.2) is 4.79 Å². The van der Waals surface area contributed by atoms with Crippen molar-refractivity contribution in [2.45, 2.75) is 20.0 Å². The van der Waals surface area contributed by atoms with Crippen molar-refractivity contribution in [2.75, 3.05) is 32.1 Å². The molecule has 168 valence electrons. The molecule has 6 nitrogen and oxygen atoms in total. The van der Waals surface area contributed by atoms with Crippen LogP contribution in [-0.4, -0.2) is 48.5 Å². The van der Waals surface area contributed by atoms with Gasteiger partial charge in [0, 0.05) is 30.8 Å². The minimum Gasteiger partial charge on any atom is -0.383 e. The molecule has 0 saturated heterocycles. The predicted octanol–water partition coefficient (Wildman–Crippen LogP) is 4.77. The van der Waals surface area contributed by atoms with Gasteiger partial charge in [0.05, 0.1) is 13.2 Å². The predicted molar refractivity (Wildman–Crippen MR) is 129 cm³/mol. The third kappa shape index (κ3) is 7.21. The van der Waals surface area contributed by atoms with Gasteiger partial charge in [0.25, 0.3) is 0 Å². The normalized spacial score (nSPS) is 10.6. The first kappa shape index (κ1) is 23.5. The number of methoxy groups -OCH3 is 1. The summed E-state index contributed by atoms with van der Waals surface area (Å²) in [5.74, 6) is -0.113. The summed E-state index contributed by atoms with van der Waals surface area (Å²) in [4.78, 5) is 30.7. The first-order chi connectivity index (χ1) is 15.5. The Hall–Kier alpha value is -3.16. The summed E-state index contributed by atoms with van der Waals surface area (Å²) in [6.45, 7) is 3.58. The third-order valence-corrected chi connectivity index (χ3v) is 5.80. The zero-order valence-corrected chi connectivity index (χ0v) is 19.3. The van der Waals surface area contributed by atoms with Gasteiger partial charge < -0.3 is 19.9 Å². The molecule has 0 saturated carbocycles. The van der Waals surface area contributed by atoms with E-state index in [1.807, 2.05) is 79.0 Å². The minimum absolute atomic E-state index is 0.0286. The highest BCUT2D eigenvalue weighted by atomic mass is 32.1. The summed E-state index contributed by atoms with van der Waals surface area (Å²) < 4.78 is 5.17. The van der Waals surface area contributed by atoms with Gasteiger partial charge in [-0.05, 0) is 41.6 Å². The van der Waals surface area contributed by atoms with Crippen LogP contribution in [0.1, 0.15) is 16.0 Å². The van der Waals surface area contributed by atoms with E-state index in [2.05, 4.69) is 5.32 Å². The van der Waals surface area contributed by atoms with Gasteiger partial charge in [-0.15, -0.1) is 11.3 Å². The molecule has 1 aromatic heterocycles. The first-order valence-corrected chi connectivity index (χ1v) is 11.4. The van der Waals surface area contributed by atoms with E-state index in [9.17, 15) is 9.59 Å². The lowest BCUT2D eigenvalue weighted by molar-refractivity contribution is -0.133. The molecule has 3 aromatic rings. The van der Waals surface area contributed by atoms with Crippen LogP contribution in [0.15, 0.2) is 72.1 Å². The maximum atomic E-state index is 13.3. The quantitative estimate of drug-likeness (QED) is 0.483. The van der Waals surface area contributed by atoms with E-state index in [-0.39, 0.29) is 18.5 Å². The molecule has 1 N–H and O–H groups in total. The van der Waals surface area contributed by atoms with Crippen LogP contribution in [0, 0.1) is 6.92 Å². The van der Waals surface area contributed by atoms with Crippen molar-refractivity contribution in [2.24, 2.45) is 0 Å². The molecule has 0 bridgehead atoms. The van der Waals surface area contributed by atoms with E-state index in [0.717, 1.165) is 16.0 Å². The van der Waals surface area contributed by atoms with Crippen molar-refractivity contribution >= 4 is 29.0 Å². The van der Waals surface area contributed by atoms with Crippen LogP contribution in [-0.2, 0) is 22.6 Å². The summed E-state index contributed by atoms with van der Waals surface area (Å²) in [5, 5.41) is 4.89. The van der Waals surface area contributed by atoms with Crippen LogP contribution in [0.4, 0.5) is 10.5 Å². The van der Waals surface area contributed by atoms with Crippen molar-refractivity contribution in [1.82, 2.24) is 9.80 Å². The van der Waals surface area contributed by atoms with Crippen molar-refractivity contribution in [3.63, 3.8) is 0 Å². The average Bonchev–Trinajstić information content (AvgIpc) is 3.30. The van der Waals surface area contributed by atoms with Gasteiger partial charge in [-0.3, -0.25) is 4.79 Å². The number of ether oxygens (including phenoxy) is 1. The molecule has 0 unspecified atom stereocenters. The molecule has 0 aliphatic carbocycles. The van der Waals surface area contributed by atoms with Crippen LogP contribution >= 0.6 is 11.3 Å². The van der Waals surface area contributed by atoms with Crippen LogP contribution in [0.3, 0.4) is 0 Å². The Kier molecular flexibility index (Phi) is 8.83. The Morgan fingerprint density at radius 1 is 0.969 bits per heavy atom. The average molecular weight is 452 g/mol. The van der Waals surface area contributed by atoms with Crippen LogP contribution in [0.2, 0.25) is 0 Å².